The van der Waals surface area contributed by atoms with Gasteiger partial charge in [0.05, 0.1) is 42.7 Å². The minimum Gasteiger partial charge on any atom is -0.390 e. The van der Waals surface area contributed by atoms with Crippen molar-refractivity contribution in [2.75, 3.05) is 27.7 Å². The maximum absolute atomic E-state index is 14.0. The molecule has 0 bridgehead atoms. The lowest BCUT2D eigenvalue weighted by Crippen LogP contribution is -2.59. The van der Waals surface area contributed by atoms with Crippen LogP contribution in [0.15, 0.2) is 30.3 Å². The number of methoxy groups -OCH3 is 1. The number of ether oxygens (including phenoxy) is 1. The van der Waals surface area contributed by atoms with Crippen LogP contribution in [0, 0.1) is 23.7 Å². The summed E-state index contributed by atoms with van der Waals surface area (Å²) in [4.78, 5) is 71.6. The number of benzene rings is 1. The highest BCUT2D eigenvalue weighted by atomic mass is 16.5. The van der Waals surface area contributed by atoms with Gasteiger partial charge < -0.3 is 40.9 Å². The molecule has 5 amide bonds. The predicted molar refractivity (Wildman–Crippen MR) is 216 cm³/mol. The van der Waals surface area contributed by atoms with Gasteiger partial charge in [0.25, 0.3) is 0 Å². The number of nitrogens with one attached hydrogen (secondary N) is 4. The van der Waals surface area contributed by atoms with E-state index in [1.165, 1.54) is 12.0 Å². The van der Waals surface area contributed by atoms with E-state index in [2.05, 4.69) is 21.3 Å². The first-order valence-electron chi connectivity index (χ1n) is 20.1. The second-order valence-corrected chi connectivity index (χ2v) is 17.1. The normalized spacial score (nSPS) is 19.1. The first kappa shape index (κ1) is 47.6. The Kier molecular flexibility index (Phi) is 18.8. The second kappa shape index (κ2) is 21.7. The molecule has 1 heterocycles. The van der Waals surface area contributed by atoms with Crippen LogP contribution in [0.4, 0.5) is 0 Å². The SMILES string of the molecule is CC[C@H](C)[C@@H]([C@H](O)CC(=O)N1CCC[C@H]1[C@H](OC)[C@@H](C)C(=O)N[C@@H](Cc1ccccc1)C(=O)NC(C)(C)C)N(C)C(=O)[C@@H](NC(=O)[C@@H](NC)C(C)C)C(C)C. The van der Waals surface area contributed by atoms with Crippen molar-refractivity contribution >= 4 is 29.5 Å². The molecule has 1 aromatic rings. The highest BCUT2D eigenvalue weighted by Gasteiger charge is 2.43. The minimum atomic E-state index is -1.19. The van der Waals surface area contributed by atoms with E-state index in [1.54, 1.807) is 25.9 Å². The number of likely N-dealkylation sites (N-methyl/N-ethyl adjacent to an activating group) is 2. The number of hydrogen-bond acceptors (Lipinski definition) is 8. The zero-order chi connectivity index (χ0) is 41.8. The molecular formula is C42H72N6O7. The molecule has 2 rings (SSSR count). The number of likely N-dealkylation sites (tertiary alicyclic amines) is 1. The molecule has 0 radical (unpaired) electrons. The quantitative estimate of drug-likeness (QED) is 0.135. The van der Waals surface area contributed by atoms with Gasteiger partial charge in [-0.15, -0.1) is 0 Å². The number of amides is 5. The molecule has 9 atom stereocenters. The molecule has 55 heavy (non-hydrogen) atoms. The summed E-state index contributed by atoms with van der Waals surface area (Å²) < 4.78 is 5.93. The Balaban J connectivity index is 2.26. The van der Waals surface area contributed by atoms with Gasteiger partial charge >= 0.3 is 0 Å². The molecular weight excluding hydrogens is 700 g/mol. The second-order valence-electron chi connectivity index (χ2n) is 17.1. The molecule has 0 aromatic heterocycles. The average Bonchev–Trinajstić information content (AvgIpc) is 3.59. The van der Waals surface area contributed by atoms with E-state index in [0.717, 1.165) is 5.56 Å². The van der Waals surface area contributed by atoms with Crippen molar-refractivity contribution in [2.24, 2.45) is 23.7 Å². The Hall–Kier alpha value is -3.55. The summed E-state index contributed by atoms with van der Waals surface area (Å²) in [5.41, 5.74) is 0.401. The van der Waals surface area contributed by atoms with E-state index in [1.807, 2.05) is 92.6 Å². The molecule has 1 saturated heterocycles. The summed E-state index contributed by atoms with van der Waals surface area (Å²) in [5.74, 6) is -2.66. The van der Waals surface area contributed by atoms with Crippen molar-refractivity contribution in [1.29, 1.82) is 0 Å². The summed E-state index contributed by atoms with van der Waals surface area (Å²) in [6, 6.07) is 6.22. The van der Waals surface area contributed by atoms with Gasteiger partial charge in [0.2, 0.25) is 29.5 Å². The lowest BCUT2D eigenvalue weighted by Gasteiger charge is -2.40. The summed E-state index contributed by atoms with van der Waals surface area (Å²) in [6.45, 7) is 19.3. The van der Waals surface area contributed by atoms with Crippen LogP contribution >= 0.6 is 0 Å². The van der Waals surface area contributed by atoms with Crippen LogP contribution in [0.2, 0.25) is 0 Å². The molecule has 1 aliphatic rings. The van der Waals surface area contributed by atoms with Crippen molar-refractivity contribution in [3.63, 3.8) is 0 Å². The molecule has 13 nitrogen and oxygen atoms in total. The number of aliphatic hydroxyl groups is 1. The third-order valence-electron chi connectivity index (χ3n) is 10.9. The molecule has 0 saturated carbocycles. The summed E-state index contributed by atoms with van der Waals surface area (Å²) >= 11 is 0. The van der Waals surface area contributed by atoms with Gasteiger partial charge in [0, 0.05) is 32.7 Å². The van der Waals surface area contributed by atoms with Crippen molar-refractivity contribution in [2.45, 2.75) is 149 Å². The first-order chi connectivity index (χ1) is 25.7. The van der Waals surface area contributed by atoms with Gasteiger partial charge in [-0.3, -0.25) is 24.0 Å². The molecule has 1 fully saturated rings. The molecule has 312 valence electrons. The van der Waals surface area contributed by atoms with Crippen LogP contribution < -0.4 is 21.3 Å². The molecule has 1 aliphatic heterocycles. The van der Waals surface area contributed by atoms with E-state index < -0.39 is 53.9 Å². The Morgan fingerprint density at radius 2 is 1.53 bits per heavy atom. The molecule has 13 heteroatoms. The number of nitrogens with zero attached hydrogens (tertiary/aromatic N) is 2. The van der Waals surface area contributed by atoms with Gasteiger partial charge in [-0.05, 0) is 64.0 Å². The van der Waals surface area contributed by atoms with Crippen molar-refractivity contribution in [3.8, 4) is 0 Å². The van der Waals surface area contributed by atoms with Crippen LogP contribution in [-0.2, 0) is 35.1 Å². The van der Waals surface area contributed by atoms with Crippen LogP contribution in [0.25, 0.3) is 0 Å². The maximum atomic E-state index is 14.0. The monoisotopic (exact) mass is 773 g/mol. The zero-order valence-corrected chi connectivity index (χ0v) is 35.8. The number of rotatable bonds is 20. The largest absolute Gasteiger partial charge is 0.390 e. The molecule has 0 aliphatic carbocycles. The van der Waals surface area contributed by atoms with Crippen LogP contribution in [0.3, 0.4) is 0 Å². The smallest absolute Gasteiger partial charge is 0.245 e. The first-order valence-corrected chi connectivity index (χ1v) is 20.1. The summed E-state index contributed by atoms with van der Waals surface area (Å²) in [7, 11) is 4.85. The van der Waals surface area contributed by atoms with E-state index in [0.29, 0.717) is 32.2 Å². The Morgan fingerprint density at radius 1 is 0.927 bits per heavy atom. The van der Waals surface area contributed by atoms with E-state index >= 15 is 0 Å². The van der Waals surface area contributed by atoms with Gasteiger partial charge in [0.1, 0.15) is 12.1 Å². The highest BCUT2D eigenvalue weighted by Crippen LogP contribution is 2.29. The lowest BCUT2D eigenvalue weighted by atomic mass is 9.89. The summed E-state index contributed by atoms with van der Waals surface area (Å²) in [5, 5.41) is 23.6. The van der Waals surface area contributed by atoms with Gasteiger partial charge in [-0.2, -0.15) is 0 Å². The van der Waals surface area contributed by atoms with Crippen LogP contribution in [0.5, 0.6) is 0 Å². The third kappa shape index (κ3) is 13.6. The Labute approximate surface area is 330 Å². The fourth-order valence-corrected chi connectivity index (χ4v) is 7.67. The van der Waals surface area contributed by atoms with E-state index in [4.69, 9.17) is 4.74 Å². The van der Waals surface area contributed by atoms with Gasteiger partial charge in [0.15, 0.2) is 0 Å². The summed E-state index contributed by atoms with van der Waals surface area (Å²) in [6.07, 6.45) is 0.136. The van der Waals surface area contributed by atoms with E-state index in [-0.39, 0.29) is 53.7 Å². The topological polar surface area (TPSA) is 169 Å². The van der Waals surface area contributed by atoms with Gasteiger partial charge in [-0.25, -0.2) is 0 Å². The highest BCUT2D eigenvalue weighted by molar-refractivity contribution is 5.91. The number of carbonyl (C=O) groups excluding carboxylic acids is 5. The molecule has 0 spiro atoms. The molecule has 5 N–H and O–H groups in total. The number of aliphatic hydroxyl groups excluding tert-OH is 1. The van der Waals surface area contributed by atoms with Gasteiger partial charge in [-0.1, -0.05) is 85.2 Å². The van der Waals surface area contributed by atoms with Crippen molar-refractivity contribution in [3.05, 3.63) is 35.9 Å². The Morgan fingerprint density at radius 3 is 2.04 bits per heavy atom. The van der Waals surface area contributed by atoms with Crippen molar-refractivity contribution < 1.29 is 33.8 Å². The number of carbonyl (C=O) groups is 5. The third-order valence-corrected chi connectivity index (χ3v) is 10.9. The predicted octanol–water partition coefficient (Wildman–Crippen LogP) is 3.28. The fourth-order valence-electron chi connectivity index (χ4n) is 7.67. The molecule has 0 unspecified atom stereocenters. The Bertz CT molecular complexity index is 1400. The maximum Gasteiger partial charge on any atom is 0.245 e. The minimum absolute atomic E-state index is 0.00678. The average molecular weight is 773 g/mol. The molecule has 1 aromatic carbocycles. The number of hydrogen-bond donors (Lipinski definition) is 5. The van der Waals surface area contributed by atoms with Crippen LogP contribution in [0.1, 0.15) is 100 Å². The van der Waals surface area contributed by atoms with Crippen LogP contribution in [-0.4, -0.2) is 120 Å². The van der Waals surface area contributed by atoms with E-state index in [9.17, 15) is 29.1 Å². The fraction of sp³-hybridized carbons (Fsp3) is 0.738. The van der Waals surface area contributed by atoms with Crippen molar-refractivity contribution in [1.82, 2.24) is 31.1 Å². The lowest BCUT2D eigenvalue weighted by molar-refractivity contribution is -0.146. The standard InChI is InChI=1S/C42H72N6O7/c1-14-27(6)36(47(12)41(54)35(26(4)5)45-40(53)34(43-11)25(2)3)32(49)24-33(50)48-22-18-21-31(48)37(55-13)28(7)38(51)44-30(39(52)46-42(8,9)10)23-29-19-16-15-17-20-29/h15-17,19-20,25-28,30-32,34-37,43,49H,14,18,21-24H2,1-13H3,(H,44,51)(H,45,53)(H,46,52)/t27-,28+,30-,31-,32+,34-,35-,36-,37+/m0/s1. The zero-order valence-electron chi connectivity index (χ0n) is 35.8.